The number of hydrogen-bond acceptors (Lipinski definition) is 8. The fourth-order valence-corrected chi connectivity index (χ4v) is 5.83. The average molecular weight is 599 g/mol. The summed E-state index contributed by atoms with van der Waals surface area (Å²) in [6, 6.07) is 13.1. The molecule has 8 nitrogen and oxygen atoms in total. The number of rotatable bonds is 7. The average Bonchev–Trinajstić information content (AvgIpc) is 3.53. The molecule has 0 N–H and O–H groups in total. The lowest BCUT2D eigenvalue weighted by Gasteiger charge is -2.26. The van der Waals surface area contributed by atoms with E-state index in [-0.39, 0.29) is 17.7 Å². The van der Waals surface area contributed by atoms with E-state index in [0.717, 1.165) is 5.56 Å². The molecule has 0 saturated heterocycles. The van der Waals surface area contributed by atoms with Gasteiger partial charge in [0.25, 0.3) is 5.56 Å². The Labute approximate surface area is 243 Å². The zero-order chi connectivity index (χ0) is 28.6. The molecule has 1 atom stereocenters. The number of thiazole rings is 1. The standard InChI is InChI=1S/C29H24Cl2N2O6S/c1-5-38-28(35)25-15(2)32-29-33(26(25)19-13-17(36-3)7-11-23(19)37-4)27(34)24(40-29)14-18-8-10-22(39-18)16-6-9-20(30)21(31)12-16/h6-14,26H,5H2,1-4H3/b24-14-/t26-/m0/s1. The topological polar surface area (TPSA) is 92.3 Å². The number of aromatic nitrogens is 1. The van der Waals surface area contributed by atoms with Crippen molar-refractivity contribution in [2.24, 2.45) is 4.99 Å². The monoisotopic (exact) mass is 598 g/mol. The quantitative estimate of drug-likeness (QED) is 0.265. The van der Waals surface area contributed by atoms with Crippen molar-refractivity contribution in [2.45, 2.75) is 19.9 Å². The van der Waals surface area contributed by atoms with Crippen LogP contribution in [0.4, 0.5) is 0 Å². The second-order valence-electron chi connectivity index (χ2n) is 8.74. The van der Waals surface area contributed by atoms with Gasteiger partial charge in [0.05, 0.1) is 46.7 Å². The van der Waals surface area contributed by atoms with Gasteiger partial charge in [-0.3, -0.25) is 9.36 Å². The van der Waals surface area contributed by atoms with Gasteiger partial charge in [0.15, 0.2) is 4.80 Å². The largest absolute Gasteiger partial charge is 0.497 e. The third kappa shape index (κ3) is 5.08. The fraction of sp³-hybridized carbons (Fsp3) is 0.207. The Kier molecular flexibility index (Phi) is 7.89. The molecule has 11 heteroatoms. The predicted octanol–water partition coefficient (Wildman–Crippen LogP) is 5.38. The minimum absolute atomic E-state index is 0.168. The molecular weight excluding hydrogens is 575 g/mol. The number of carbonyl (C=O) groups excluding carboxylic acids is 1. The Balaban J connectivity index is 1.68. The maximum atomic E-state index is 13.9. The fourth-order valence-electron chi connectivity index (χ4n) is 4.50. The maximum Gasteiger partial charge on any atom is 0.338 e. The highest BCUT2D eigenvalue weighted by Gasteiger charge is 2.35. The summed E-state index contributed by atoms with van der Waals surface area (Å²) in [7, 11) is 3.07. The first-order valence-corrected chi connectivity index (χ1v) is 13.8. The number of allylic oxidation sites excluding steroid dienone is 1. The Morgan fingerprint density at radius 3 is 2.60 bits per heavy atom. The molecule has 206 valence electrons. The number of esters is 1. The van der Waals surface area contributed by atoms with Crippen molar-refractivity contribution < 1.29 is 23.4 Å². The highest BCUT2D eigenvalue weighted by Crippen LogP contribution is 2.38. The minimum Gasteiger partial charge on any atom is -0.497 e. The molecule has 0 spiro atoms. The lowest BCUT2D eigenvalue weighted by Crippen LogP contribution is -2.40. The van der Waals surface area contributed by atoms with Crippen LogP contribution in [0.5, 0.6) is 11.5 Å². The molecular formula is C29H24Cl2N2O6S. The SMILES string of the molecule is CCOC(=O)C1=C(C)N=c2s/c(=C\c3ccc(-c4ccc(Cl)c(Cl)c4)o3)c(=O)n2[C@H]1c1cc(OC)ccc1OC. The van der Waals surface area contributed by atoms with Crippen molar-refractivity contribution in [1.82, 2.24) is 4.57 Å². The second-order valence-corrected chi connectivity index (χ2v) is 10.6. The van der Waals surface area contributed by atoms with Crippen molar-refractivity contribution in [1.29, 1.82) is 0 Å². The van der Waals surface area contributed by atoms with Crippen LogP contribution < -0.4 is 24.4 Å². The van der Waals surface area contributed by atoms with Gasteiger partial charge in [0.2, 0.25) is 0 Å². The lowest BCUT2D eigenvalue weighted by atomic mass is 9.95. The molecule has 0 saturated carbocycles. The van der Waals surface area contributed by atoms with Crippen LogP contribution in [0.15, 0.2) is 74.0 Å². The van der Waals surface area contributed by atoms with Gasteiger partial charge in [-0.05, 0) is 62.4 Å². The molecule has 0 aliphatic carbocycles. The highest BCUT2D eigenvalue weighted by molar-refractivity contribution is 7.07. The Bertz CT molecular complexity index is 1840. The minimum atomic E-state index is -0.856. The molecule has 1 aliphatic heterocycles. The van der Waals surface area contributed by atoms with Gasteiger partial charge in [-0.2, -0.15) is 0 Å². The van der Waals surface area contributed by atoms with Crippen LogP contribution in [0.25, 0.3) is 17.4 Å². The molecule has 3 heterocycles. The number of carbonyl (C=O) groups is 1. The number of furan rings is 1. The van der Waals surface area contributed by atoms with E-state index >= 15 is 0 Å². The summed E-state index contributed by atoms with van der Waals surface area (Å²) >= 11 is 13.4. The van der Waals surface area contributed by atoms with E-state index < -0.39 is 12.0 Å². The third-order valence-corrected chi connectivity index (χ3v) is 8.07. The maximum absolute atomic E-state index is 13.9. The van der Waals surface area contributed by atoms with Crippen molar-refractivity contribution in [3.05, 3.63) is 101 Å². The Hall–Kier alpha value is -3.79. The zero-order valence-corrected chi connectivity index (χ0v) is 24.3. The summed E-state index contributed by atoms with van der Waals surface area (Å²) in [6.45, 7) is 3.61. The number of methoxy groups -OCH3 is 2. The molecule has 1 aliphatic rings. The molecule has 0 fully saturated rings. The van der Waals surface area contributed by atoms with Crippen LogP contribution in [0.1, 0.15) is 31.2 Å². The van der Waals surface area contributed by atoms with E-state index in [1.54, 1.807) is 75.6 Å². The van der Waals surface area contributed by atoms with Crippen LogP contribution in [-0.2, 0) is 9.53 Å². The summed E-state index contributed by atoms with van der Waals surface area (Å²) in [5.41, 5.74) is 1.65. The Morgan fingerprint density at radius 2 is 1.90 bits per heavy atom. The van der Waals surface area contributed by atoms with E-state index in [2.05, 4.69) is 4.99 Å². The smallest absolute Gasteiger partial charge is 0.338 e. The highest BCUT2D eigenvalue weighted by atomic mass is 35.5. The van der Waals surface area contributed by atoms with E-state index in [0.29, 0.717) is 53.7 Å². The van der Waals surface area contributed by atoms with Crippen LogP contribution in [-0.4, -0.2) is 31.4 Å². The molecule has 40 heavy (non-hydrogen) atoms. The van der Waals surface area contributed by atoms with Crippen LogP contribution in [0.3, 0.4) is 0 Å². The van der Waals surface area contributed by atoms with Crippen LogP contribution in [0, 0.1) is 0 Å². The first kappa shape index (κ1) is 27.8. The lowest BCUT2D eigenvalue weighted by molar-refractivity contribution is -0.139. The van der Waals surface area contributed by atoms with Gasteiger partial charge in [-0.1, -0.05) is 34.5 Å². The molecule has 0 radical (unpaired) electrons. The number of fused-ring (bicyclic) bond motifs is 1. The molecule has 5 rings (SSSR count). The molecule has 0 unspecified atom stereocenters. The number of ether oxygens (including phenoxy) is 3. The predicted molar refractivity (Wildman–Crippen MR) is 154 cm³/mol. The number of hydrogen-bond donors (Lipinski definition) is 0. The van der Waals surface area contributed by atoms with Gasteiger partial charge in [-0.15, -0.1) is 0 Å². The molecule has 0 bridgehead atoms. The van der Waals surface area contributed by atoms with Crippen molar-refractivity contribution in [3.8, 4) is 22.8 Å². The van der Waals surface area contributed by atoms with E-state index in [9.17, 15) is 9.59 Å². The summed E-state index contributed by atoms with van der Waals surface area (Å²) in [4.78, 5) is 32.1. The van der Waals surface area contributed by atoms with Gasteiger partial charge >= 0.3 is 5.97 Å². The zero-order valence-electron chi connectivity index (χ0n) is 22.0. The van der Waals surface area contributed by atoms with Crippen molar-refractivity contribution >= 4 is 46.6 Å². The molecule has 4 aromatic rings. The molecule has 2 aromatic heterocycles. The van der Waals surface area contributed by atoms with E-state index in [1.165, 1.54) is 23.0 Å². The first-order valence-electron chi connectivity index (χ1n) is 12.2. The molecule has 2 aromatic carbocycles. The summed E-state index contributed by atoms with van der Waals surface area (Å²) in [6.07, 6.45) is 1.65. The third-order valence-electron chi connectivity index (χ3n) is 6.35. The molecule has 0 amide bonds. The number of nitrogens with zero attached hydrogens (tertiary/aromatic N) is 2. The van der Waals surface area contributed by atoms with E-state index in [4.69, 9.17) is 41.8 Å². The van der Waals surface area contributed by atoms with Gasteiger partial charge < -0.3 is 18.6 Å². The summed E-state index contributed by atoms with van der Waals surface area (Å²) in [5.74, 6) is 1.49. The normalized spacial score (nSPS) is 15.1. The summed E-state index contributed by atoms with van der Waals surface area (Å²) < 4.78 is 24.3. The number of benzene rings is 2. The first-order chi connectivity index (χ1) is 19.2. The van der Waals surface area contributed by atoms with Crippen molar-refractivity contribution in [2.75, 3.05) is 20.8 Å². The van der Waals surface area contributed by atoms with Crippen LogP contribution in [0.2, 0.25) is 10.0 Å². The van der Waals surface area contributed by atoms with Gasteiger partial charge in [0.1, 0.15) is 29.1 Å². The van der Waals surface area contributed by atoms with Crippen molar-refractivity contribution in [3.63, 3.8) is 0 Å². The summed E-state index contributed by atoms with van der Waals surface area (Å²) in [5, 5.41) is 0.851. The second kappa shape index (κ2) is 11.4. The van der Waals surface area contributed by atoms with Crippen LogP contribution >= 0.6 is 34.5 Å². The van der Waals surface area contributed by atoms with E-state index in [1.807, 2.05) is 0 Å². The Morgan fingerprint density at radius 1 is 1.10 bits per heavy atom. The van der Waals surface area contributed by atoms with Gasteiger partial charge in [-0.25, -0.2) is 9.79 Å². The van der Waals surface area contributed by atoms with Gasteiger partial charge in [0, 0.05) is 17.2 Å². The number of halogens is 2.